The number of carboxylic acid groups (broad SMARTS) is 1. The number of rotatable bonds is 8. The van der Waals surface area contributed by atoms with E-state index in [2.05, 4.69) is 15.6 Å². The smallest absolute Gasteiger partial charge is 0.311 e. The second-order valence-electron chi connectivity index (χ2n) is 6.76. The van der Waals surface area contributed by atoms with Crippen LogP contribution in [-0.4, -0.2) is 40.5 Å². The van der Waals surface area contributed by atoms with Gasteiger partial charge in [0.05, 0.1) is 11.0 Å². The van der Waals surface area contributed by atoms with Gasteiger partial charge >= 0.3 is 5.97 Å². The molecule has 0 saturated heterocycles. The molecule has 1 aromatic heterocycles. The average molecular weight is 367 g/mol. The van der Waals surface area contributed by atoms with Crippen LogP contribution in [-0.2, 0) is 16.0 Å². The molecule has 1 fully saturated rings. The number of benzene rings is 1. The van der Waals surface area contributed by atoms with E-state index in [1.165, 1.54) is 6.20 Å². The van der Waals surface area contributed by atoms with Crippen molar-refractivity contribution in [3.8, 4) is 0 Å². The number of carbonyl (C=O) groups excluding carboxylic acids is 2. The number of aromatic nitrogens is 1. The van der Waals surface area contributed by atoms with Gasteiger partial charge in [0, 0.05) is 25.4 Å². The van der Waals surface area contributed by atoms with Gasteiger partial charge < -0.3 is 15.7 Å². The Labute approximate surface area is 156 Å². The summed E-state index contributed by atoms with van der Waals surface area (Å²) >= 11 is 0. The summed E-state index contributed by atoms with van der Waals surface area (Å²) in [5, 5.41) is 14.7. The number of nitrogens with one attached hydrogen (secondary N) is 2. The molecule has 27 heavy (non-hydrogen) atoms. The minimum atomic E-state index is -0.901. The molecule has 2 amide bonds. The van der Waals surface area contributed by atoms with E-state index >= 15 is 0 Å². The third-order valence-corrected chi connectivity index (χ3v) is 4.74. The topological polar surface area (TPSA) is 108 Å². The van der Waals surface area contributed by atoms with Crippen molar-refractivity contribution in [2.24, 2.45) is 5.41 Å². The molecular formula is C20H21N3O4. The molecule has 1 heterocycles. The quantitative estimate of drug-likeness (QED) is 0.654. The summed E-state index contributed by atoms with van der Waals surface area (Å²) in [6.07, 6.45) is 4.39. The van der Waals surface area contributed by atoms with Crippen LogP contribution in [0.15, 0.2) is 54.9 Å². The highest BCUT2D eigenvalue weighted by atomic mass is 16.4. The third kappa shape index (κ3) is 4.69. The summed E-state index contributed by atoms with van der Waals surface area (Å²) < 4.78 is 0. The highest BCUT2D eigenvalue weighted by molar-refractivity contribution is 5.97. The molecule has 1 aromatic carbocycles. The first-order valence-electron chi connectivity index (χ1n) is 8.76. The lowest BCUT2D eigenvalue weighted by atomic mass is 10.0. The van der Waals surface area contributed by atoms with Gasteiger partial charge in [-0.05, 0) is 30.5 Å². The standard InChI is InChI=1S/C20H21N3O4/c24-17(15-7-4-10-21-12-15)23-16(11-14-5-2-1-3-6-14)18(25)22-13-20(8-9-20)19(26)27/h1-7,10,12,16H,8-9,11,13H2,(H,22,25)(H,23,24)(H,26,27). The van der Waals surface area contributed by atoms with E-state index in [0.717, 1.165) is 5.56 Å². The summed E-state index contributed by atoms with van der Waals surface area (Å²) in [6, 6.07) is 11.8. The number of carboxylic acids is 1. The largest absolute Gasteiger partial charge is 0.481 e. The van der Waals surface area contributed by atoms with Crippen molar-refractivity contribution in [1.82, 2.24) is 15.6 Å². The Morgan fingerprint density at radius 1 is 1.11 bits per heavy atom. The highest BCUT2D eigenvalue weighted by Crippen LogP contribution is 2.45. The Bertz CT molecular complexity index is 820. The molecule has 3 rings (SSSR count). The van der Waals surface area contributed by atoms with Crippen molar-refractivity contribution >= 4 is 17.8 Å². The number of amides is 2. The lowest BCUT2D eigenvalue weighted by Crippen LogP contribution is -2.49. The van der Waals surface area contributed by atoms with Crippen molar-refractivity contribution in [3.63, 3.8) is 0 Å². The van der Waals surface area contributed by atoms with Gasteiger partial charge in [-0.25, -0.2) is 0 Å². The molecule has 2 aromatic rings. The molecule has 140 valence electrons. The molecule has 0 aliphatic heterocycles. The van der Waals surface area contributed by atoms with Crippen LogP contribution in [0.5, 0.6) is 0 Å². The maximum Gasteiger partial charge on any atom is 0.311 e. The number of hydrogen-bond acceptors (Lipinski definition) is 4. The molecule has 7 heteroatoms. The van der Waals surface area contributed by atoms with Gasteiger partial charge in [0.15, 0.2) is 0 Å². The van der Waals surface area contributed by atoms with Gasteiger partial charge in [-0.15, -0.1) is 0 Å². The van der Waals surface area contributed by atoms with Gasteiger partial charge in [-0.2, -0.15) is 0 Å². The number of carbonyl (C=O) groups is 3. The van der Waals surface area contributed by atoms with Crippen molar-refractivity contribution in [2.45, 2.75) is 25.3 Å². The third-order valence-electron chi connectivity index (χ3n) is 4.74. The second-order valence-corrected chi connectivity index (χ2v) is 6.76. The van der Waals surface area contributed by atoms with Gasteiger partial charge in [0.25, 0.3) is 5.91 Å². The molecule has 0 radical (unpaired) electrons. The first-order valence-corrected chi connectivity index (χ1v) is 8.76. The van der Waals surface area contributed by atoms with Gasteiger partial charge in [0.2, 0.25) is 5.91 Å². The lowest BCUT2D eigenvalue weighted by molar-refractivity contribution is -0.143. The molecule has 7 nitrogen and oxygen atoms in total. The summed E-state index contributed by atoms with van der Waals surface area (Å²) in [6.45, 7) is 0.0647. The molecule has 1 unspecified atom stereocenters. The van der Waals surface area contributed by atoms with Gasteiger partial charge in [-0.3, -0.25) is 19.4 Å². The van der Waals surface area contributed by atoms with Gasteiger partial charge in [-0.1, -0.05) is 30.3 Å². The van der Waals surface area contributed by atoms with Crippen LogP contribution in [0, 0.1) is 5.41 Å². The molecule has 0 bridgehead atoms. The fourth-order valence-electron chi connectivity index (χ4n) is 2.79. The summed E-state index contributed by atoms with van der Waals surface area (Å²) in [5.41, 5.74) is 0.386. The van der Waals surface area contributed by atoms with E-state index in [9.17, 15) is 19.5 Å². The van der Waals surface area contributed by atoms with E-state index in [4.69, 9.17) is 0 Å². The number of hydrogen-bond donors (Lipinski definition) is 3. The average Bonchev–Trinajstić information content (AvgIpc) is 3.48. The van der Waals surface area contributed by atoms with Crippen LogP contribution in [0.1, 0.15) is 28.8 Å². The lowest BCUT2D eigenvalue weighted by Gasteiger charge is -2.20. The van der Waals surface area contributed by atoms with E-state index in [-0.39, 0.29) is 6.54 Å². The monoisotopic (exact) mass is 367 g/mol. The Balaban J connectivity index is 1.69. The van der Waals surface area contributed by atoms with Crippen LogP contribution in [0.2, 0.25) is 0 Å². The Morgan fingerprint density at radius 3 is 2.44 bits per heavy atom. The Morgan fingerprint density at radius 2 is 1.85 bits per heavy atom. The van der Waals surface area contributed by atoms with Crippen LogP contribution >= 0.6 is 0 Å². The van der Waals surface area contributed by atoms with E-state index < -0.39 is 29.2 Å². The number of nitrogens with zero attached hydrogens (tertiary/aromatic N) is 1. The van der Waals surface area contributed by atoms with Crippen LogP contribution in [0.3, 0.4) is 0 Å². The van der Waals surface area contributed by atoms with Crippen molar-refractivity contribution in [2.75, 3.05) is 6.54 Å². The van der Waals surface area contributed by atoms with Crippen LogP contribution < -0.4 is 10.6 Å². The van der Waals surface area contributed by atoms with Crippen molar-refractivity contribution in [1.29, 1.82) is 0 Å². The van der Waals surface area contributed by atoms with Crippen LogP contribution in [0.25, 0.3) is 0 Å². The molecule has 1 saturated carbocycles. The zero-order valence-electron chi connectivity index (χ0n) is 14.7. The zero-order valence-corrected chi connectivity index (χ0v) is 14.7. The highest BCUT2D eigenvalue weighted by Gasteiger charge is 2.50. The normalized spacial score (nSPS) is 15.4. The van der Waals surface area contributed by atoms with E-state index in [1.54, 1.807) is 18.3 Å². The Kier molecular flexibility index (Phi) is 5.49. The molecule has 1 atom stereocenters. The fourth-order valence-corrected chi connectivity index (χ4v) is 2.79. The Hall–Kier alpha value is -3.22. The SMILES string of the molecule is O=C(NC(Cc1ccccc1)C(=O)NCC1(C(=O)O)CC1)c1cccnc1. The predicted octanol–water partition coefficient (Wildman–Crippen LogP) is 1.40. The zero-order chi connectivity index (χ0) is 19.3. The first kappa shape index (κ1) is 18.6. The summed E-state index contributed by atoms with van der Waals surface area (Å²) in [7, 11) is 0. The summed E-state index contributed by atoms with van der Waals surface area (Å²) in [5.74, 6) is -1.70. The minimum absolute atomic E-state index is 0.0647. The number of pyridine rings is 1. The molecular weight excluding hydrogens is 346 g/mol. The predicted molar refractivity (Wildman–Crippen MR) is 97.9 cm³/mol. The fraction of sp³-hybridized carbons (Fsp3) is 0.300. The molecule has 1 aliphatic rings. The van der Waals surface area contributed by atoms with E-state index in [1.807, 2.05) is 30.3 Å². The molecule has 0 spiro atoms. The van der Waals surface area contributed by atoms with Crippen molar-refractivity contribution in [3.05, 3.63) is 66.0 Å². The minimum Gasteiger partial charge on any atom is -0.481 e. The van der Waals surface area contributed by atoms with Crippen LogP contribution in [0.4, 0.5) is 0 Å². The number of aliphatic carboxylic acids is 1. The maximum atomic E-state index is 12.7. The maximum absolute atomic E-state index is 12.7. The van der Waals surface area contributed by atoms with Crippen molar-refractivity contribution < 1.29 is 19.5 Å². The van der Waals surface area contributed by atoms with E-state index in [0.29, 0.717) is 24.8 Å². The van der Waals surface area contributed by atoms with Gasteiger partial charge in [0.1, 0.15) is 6.04 Å². The molecule has 3 N–H and O–H groups in total. The first-order chi connectivity index (χ1) is 13.0. The molecule has 1 aliphatic carbocycles. The summed E-state index contributed by atoms with van der Waals surface area (Å²) in [4.78, 5) is 40.3. The second kappa shape index (κ2) is 7.99.